The average molecular weight is 444 g/mol. The van der Waals surface area contributed by atoms with Crippen molar-refractivity contribution >= 4 is 53.7 Å². The summed E-state index contributed by atoms with van der Waals surface area (Å²) < 4.78 is 6.76. The first kappa shape index (κ1) is 16.1. The van der Waals surface area contributed by atoms with Crippen LogP contribution in [0.1, 0.15) is 10.4 Å². The lowest BCUT2D eigenvalue weighted by atomic mass is 10.2. The minimum absolute atomic E-state index is 0.00544. The van der Waals surface area contributed by atoms with Gasteiger partial charge in [-0.25, -0.2) is 0 Å². The molecule has 0 saturated heterocycles. The quantitative estimate of drug-likeness (QED) is 0.627. The maximum atomic E-state index is 12.4. The maximum absolute atomic E-state index is 12.4. The summed E-state index contributed by atoms with van der Waals surface area (Å²) in [5.41, 5.74) is 0.662. The molecule has 18 heavy (non-hydrogen) atoms. The van der Waals surface area contributed by atoms with Crippen LogP contribution in [-0.2, 0) is 4.74 Å². The number of halogens is 3. The van der Waals surface area contributed by atoms with Crippen molar-refractivity contribution in [1.82, 2.24) is 4.90 Å². The first-order valence-electron chi connectivity index (χ1n) is 5.39. The third-order valence-corrected chi connectivity index (χ3v) is 3.87. The second kappa shape index (κ2) is 8.30. The molecule has 3 nitrogen and oxygen atoms in total. The molecule has 0 radical (unpaired) electrons. The van der Waals surface area contributed by atoms with Crippen molar-refractivity contribution in [3.8, 4) is 0 Å². The Morgan fingerprint density at radius 2 is 2.06 bits per heavy atom. The van der Waals surface area contributed by atoms with E-state index in [0.29, 0.717) is 25.3 Å². The standard InChI is InChI=1S/C12H14Br3NO2/c1-18-7-6-16(5-4-13)12(17)10-3-2-9(14)8-11(10)15/h2-3,8H,4-7H2,1H3. The first-order valence-corrected chi connectivity index (χ1v) is 8.10. The number of benzene rings is 1. The van der Waals surface area contributed by atoms with E-state index in [1.165, 1.54) is 0 Å². The van der Waals surface area contributed by atoms with Gasteiger partial charge in [-0.1, -0.05) is 31.9 Å². The van der Waals surface area contributed by atoms with Crippen LogP contribution in [0.2, 0.25) is 0 Å². The van der Waals surface area contributed by atoms with Crippen LogP contribution < -0.4 is 0 Å². The molecule has 0 atom stereocenters. The highest BCUT2D eigenvalue weighted by molar-refractivity contribution is 9.11. The van der Waals surface area contributed by atoms with Crippen LogP contribution in [0.3, 0.4) is 0 Å². The molecular formula is C12H14Br3NO2. The van der Waals surface area contributed by atoms with Crippen molar-refractivity contribution in [3.05, 3.63) is 32.7 Å². The topological polar surface area (TPSA) is 29.5 Å². The van der Waals surface area contributed by atoms with E-state index in [1.807, 2.05) is 18.2 Å². The van der Waals surface area contributed by atoms with E-state index in [1.54, 1.807) is 12.0 Å². The molecule has 0 aliphatic heterocycles. The molecule has 0 aliphatic carbocycles. The van der Waals surface area contributed by atoms with Crippen molar-refractivity contribution in [2.75, 3.05) is 32.1 Å². The fraction of sp³-hybridized carbons (Fsp3) is 0.417. The van der Waals surface area contributed by atoms with Crippen molar-refractivity contribution in [2.24, 2.45) is 0 Å². The molecule has 0 saturated carbocycles. The molecule has 0 aromatic heterocycles. The number of hydrogen-bond acceptors (Lipinski definition) is 2. The number of rotatable bonds is 6. The SMILES string of the molecule is COCCN(CCBr)C(=O)c1ccc(Br)cc1Br. The normalized spacial score (nSPS) is 10.4. The highest BCUT2D eigenvalue weighted by Crippen LogP contribution is 2.23. The molecule has 6 heteroatoms. The van der Waals surface area contributed by atoms with Crippen molar-refractivity contribution in [3.63, 3.8) is 0 Å². The number of carbonyl (C=O) groups excluding carboxylic acids is 1. The molecule has 1 rings (SSSR count). The van der Waals surface area contributed by atoms with Gasteiger partial charge in [-0.15, -0.1) is 0 Å². The molecule has 0 spiro atoms. The Morgan fingerprint density at radius 3 is 2.61 bits per heavy atom. The van der Waals surface area contributed by atoms with Crippen LogP contribution in [0, 0.1) is 0 Å². The Hall–Kier alpha value is 0.0900. The largest absolute Gasteiger partial charge is 0.383 e. The van der Waals surface area contributed by atoms with Gasteiger partial charge in [0.15, 0.2) is 0 Å². The van der Waals surface area contributed by atoms with E-state index < -0.39 is 0 Å². The summed E-state index contributed by atoms with van der Waals surface area (Å²) in [7, 11) is 1.63. The molecule has 1 amide bonds. The van der Waals surface area contributed by atoms with E-state index >= 15 is 0 Å². The number of hydrogen-bond donors (Lipinski definition) is 0. The Labute approximate surface area is 132 Å². The van der Waals surface area contributed by atoms with Gasteiger partial charge in [-0.2, -0.15) is 0 Å². The van der Waals surface area contributed by atoms with Gasteiger partial charge in [-0.05, 0) is 34.1 Å². The average Bonchev–Trinajstić information content (AvgIpc) is 2.33. The lowest BCUT2D eigenvalue weighted by Gasteiger charge is -2.22. The number of nitrogens with zero attached hydrogens (tertiary/aromatic N) is 1. The van der Waals surface area contributed by atoms with Crippen LogP contribution >= 0.6 is 47.8 Å². The molecule has 0 aliphatic rings. The van der Waals surface area contributed by atoms with Gasteiger partial charge in [-0.3, -0.25) is 4.79 Å². The molecule has 0 fully saturated rings. The molecule has 0 N–H and O–H groups in total. The summed E-state index contributed by atoms with van der Waals surface area (Å²) in [6.45, 7) is 1.78. The monoisotopic (exact) mass is 441 g/mol. The summed E-state index contributed by atoms with van der Waals surface area (Å²) in [4.78, 5) is 14.1. The van der Waals surface area contributed by atoms with Gasteiger partial charge in [0.2, 0.25) is 0 Å². The maximum Gasteiger partial charge on any atom is 0.255 e. The van der Waals surface area contributed by atoms with Crippen LogP contribution in [0.5, 0.6) is 0 Å². The minimum Gasteiger partial charge on any atom is -0.383 e. The zero-order chi connectivity index (χ0) is 13.5. The summed E-state index contributed by atoms with van der Waals surface area (Å²) in [5.74, 6) is 0.00544. The summed E-state index contributed by atoms with van der Waals surface area (Å²) >= 11 is 10.1. The van der Waals surface area contributed by atoms with Crippen molar-refractivity contribution < 1.29 is 9.53 Å². The zero-order valence-electron chi connectivity index (χ0n) is 9.96. The summed E-state index contributed by atoms with van der Waals surface area (Å²) in [6.07, 6.45) is 0. The molecular weight excluding hydrogens is 430 g/mol. The molecule has 0 unspecified atom stereocenters. The Balaban J connectivity index is 2.87. The summed E-state index contributed by atoms with van der Waals surface area (Å²) in [5, 5.41) is 0.747. The van der Waals surface area contributed by atoms with E-state index in [-0.39, 0.29) is 5.91 Å². The van der Waals surface area contributed by atoms with Gasteiger partial charge in [0.1, 0.15) is 0 Å². The second-order valence-corrected chi connectivity index (χ2v) is 6.16. The zero-order valence-corrected chi connectivity index (χ0v) is 14.7. The second-order valence-electron chi connectivity index (χ2n) is 3.60. The Bertz CT molecular complexity index is 412. The highest BCUT2D eigenvalue weighted by Gasteiger charge is 2.17. The molecule has 0 bridgehead atoms. The van der Waals surface area contributed by atoms with Gasteiger partial charge in [0, 0.05) is 34.5 Å². The summed E-state index contributed by atoms with van der Waals surface area (Å²) in [6, 6.07) is 5.54. The van der Waals surface area contributed by atoms with E-state index in [0.717, 1.165) is 14.3 Å². The minimum atomic E-state index is 0.00544. The van der Waals surface area contributed by atoms with Crippen LogP contribution in [-0.4, -0.2) is 42.9 Å². The molecule has 100 valence electrons. The fourth-order valence-corrected chi connectivity index (χ4v) is 3.10. The fourth-order valence-electron chi connectivity index (χ4n) is 1.45. The third kappa shape index (κ3) is 4.64. The lowest BCUT2D eigenvalue weighted by Crippen LogP contribution is -2.35. The Kier molecular flexibility index (Phi) is 7.44. The van der Waals surface area contributed by atoms with Gasteiger partial charge >= 0.3 is 0 Å². The number of carbonyl (C=O) groups is 1. The molecule has 0 heterocycles. The van der Waals surface area contributed by atoms with Gasteiger partial charge in [0.25, 0.3) is 5.91 Å². The van der Waals surface area contributed by atoms with Crippen molar-refractivity contribution in [1.29, 1.82) is 0 Å². The number of alkyl halides is 1. The number of methoxy groups -OCH3 is 1. The van der Waals surface area contributed by atoms with Gasteiger partial charge in [0.05, 0.1) is 12.2 Å². The van der Waals surface area contributed by atoms with E-state index in [4.69, 9.17) is 4.74 Å². The molecule has 1 aromatic carbocycles. The highest BCUT2D eigenvalue weighted by atomic mass is 79.9. The lowest BCUT2D eigenvalue weighted by molar-refractivity contribution is 0.0708. The smallest absolute Gasteiger partial charge is 0.255 e. The predicted molar refractivity (Wildman–Crippen MR) is 83.4 cm³/mol. The number of ether oxygens (including phenoxy) is 1. The Morgan fingerprint density at radius 1 is 1.33 bits per heavy atom. The van der Waals surface area contributed by atoms with Crippen molar-refractivity contribution in [2.45, 2.75) is 0 Å². The van der Waals surface area contributed by atoms with Crippen LogP contribution in [0.25, 0.3) is 0 Å². The first-order chi connectivity index (χ1) is 8.60. The molecule has 1 aromatic rings. The van der Waals surface area contributed by atoms with Crippen LogP contribution in [0.4, 0.5) is 0 Å². The van der Waals surface area contributed by atoms with Crippen LogP contribution in [0.15, 0.2) is 27.1 Å². The number of amides is 1. The van der Waals surface area contributed by atoms with E-state index in [2.05, 4.69) is 47.8 Å². The third-order valence-electron chi connectivity index (χ3n) is 2.37. The van der Waals surface area contributed by atoms with E-state index in [9.17, 15) is 4.79 Å². The predicted octanol–water partition coefficient (Wildman–Crippen LogP) is 3.70. The van der Waals surface area contributed by atoms with Gasteiger partial charge < -0.3 is 9.64 Å².